The smallest absolute Gasteiger partial charge is 0.189 e. The number of hydrogen-bond donors (Lipinski definition) is 2. The number of anilines is 1. The zero-order valence-corrected chi connectivity index (χ0v) is 14.1. The summed E-state index contributed by atoms with van der Waals surface area (Å²) in [6, 6.07) is 4.20. The molecule has 0 aromatic carbocycles. The Hall–Kier alpha value is -1.78. The molecular formula is C17H29N5. The van der Waals surface area contributed by atoms with E-state index in [0.29, 0.717) is 12.5 Å². The Morgan fingerprint density at radius 3 is 2.45 bits per heavy atom. The van der Waals surface area contributed by atoms with Gasteiger partial charge in [0.25, 0.3) is 0 Å². The minimum Gasteiger partial charge on any atom is -0.370 e. The summed E-state index contributed by atoms with van der Waals surface area (Å²) in [5, 5.41) is 3.16. The minimum atomic E-state index is -0.0670. The third-order valence-corrected chi connectivity index (χ3v) is 3.67. The number of guanidine groups is 1. The number of aliphatic imine (C=N–C) groups is 1. The molecule has 22 heavy (non-hydrogen) atoms. The molecule has 0 spiro atoms. The van der Waals surface area contributed by atoms with Crippen molar-refractivity contribution in [2.75, 3.05) is 18.0 Å². The molecule has 2 rings (SSSR count). The van der Waals surface area contributed by atoms with E-state index < -0.39 is 0 Å². The van der Waals surface area contributed by atoms with Crippen LogP contribution in [0.3, 0.4) is 0 Å². The first-order chi connectivity index (χ1) is 10.4. The van der Waals surface area contributed by atoms with E-state index in [1.54, 1.807) is 0 Å². The second kappa shape index (κ2) is 7.47. The van der Waals surface area contributed by atoms with Crippen molar-refractivity contribution in [2.24, 2.45) is 10.7 Å². The third-order valence-electron chi connectivity index (χ3n) is 3.67. The van der Waals surface area contributed by atoms with Gasteiger partial charge >= 0.3 is 0 Å². The molecule has 0 radical (unpaired) electrons. The van der Waals surface area contributed by atoms with E-state index in [1.165, 1.54) is 25.7 Å². The van der Waals surface area contributed by atoms with Crippen LogP contribution in [0.1, 0.15) is 52.0 Å². The number of pyridine rings is 1. The molecule has 5 heteroatoms. The van der Waals surface area contributed by atoms with Gasteiger partial charge in [-0.05, 0) is 45.2 Å². The second-order valence-electron chi connectivity index (χ2n) is 7.00. The van der Waals surface area contributed by atoms with E-state index in [1.807, 2.05) is 6.20 Å². The lowest BCUT2D eigenvalue weighted by molar-refractivity contribution is 0.508. The Bertz CT molecular complexity index is 479. The molecule has 0 amide bonds. The average Bonchev–Trinajstić information content (AvgIpc) is 2.73. The van der Waals surface area contributed by atoms with Gasteiger partial charge in [0.15, 0.2) is 5.96 Å². The number of aromatic nitrogens is 1. The highest BCUT2D eigenvalue weighted by Gasteiger charge is 2.11. The van der Waals surface area contributed by atoms with Crippen molar-refractivity contribution in [3.63, 3.8) is 0 Å². The summed E-state index contributed by atoms with van der Waals surface area (Å²) in [4.78, 5) is 11.3. The molecule has 1 aliphatic rings. The lowest BCUT2D eigenvalue weighted by Crippen LogP contribution is -2.44. The Kier molecular flexibility index (Phi) is 5.63. The Morgan fingerprint density at radius 2 is 1.91 bits per heavy atom. The maximum Gasteiger partial charge on any atom is 0.189 e. The van der Waals surface area contributed by atoms with Crippen LogP contribution in [0, 0.1) is 0 Å². The first kappa shape index (κ1) is 16.6. The summed E-state index contributed by atoms with van der Waals surface area (Å²) in [5.74, 6) is 1.56. The fourth-order valence-electron chi connectivity index (χ4n) is 2.60. The Labute approximate surface area is 134 Å². The monoisotopic (exact) mass is 303 g/mol. The Morgan fingerprint density at radius 1 is 1.23 bits per heavy atom. The number of nitrogens with one attached hydrogen (secondary N) is 1. The van der Waals surface area contributed by atoms with Crippen LogP contribution in [0.25, 0.3) is 0 Å². The van der Waals surface area contributed by atoms with Gasteiger partial charge in [0.05, 0.1) is 6.54 Å². The van der Waals surface area contributed by atoms with Crippen LogP contribution < -0.4 is 16.0 Å². The summed E-state index contributed by atoms with van der Waals surface area (Å²) >= 11 is 0. The van der Waals surface area contributed by atoms with Crippen LogP contribution in [0.4, 0.5) is 5.82 Å². The van der Waals surface area contributed by atoms with Gasteiger partial charge in [-0.15, -0.1) is 0 Å². The van der Waals surface area contributed by atoms with Crippen LogP contribution in [-0.4, -0.2) is 29.6 Å². The molecule has 1 aromatic heterocycles. The van der Waals surface area contributed by atoms with Crippen molar-refractivity contribution in [3.05, 3.63) is 23.9 Å². The highest BCUT2D eigenvalue weighted by atomic mass is 15.2. The van der Waals surface area contributed by atoms with Crippen molar-refractivity contribution >= 4 is 11.8 Å². The molecular weight excluding hydrogens is 274 g/mol. The van der Waals surface area contributed by atoms with Crippen LogP contribution in [-0.2, 0) is 6.54 Å². The third kappa shape index (κ3) is 5.54. The van der Waals surface area contributed by atoms with Crippen molar-refractivity contribution in [1.29, 1.82) is 0 Å². The molecule has 2 heterocycles. The molecule has 0 atom stereocenters. The zero-order valence-electron chi connectivity index (χ0n) is 14.1. The molecule has 0 bridgehead atoms. The van der Waals surface area contributed by atoms with E-state index >= 15 is 0 Å². The maximum atomic E-state index is 5.88. The fourth-order valence-corrected chi connectivity index (χ4v) is 2.60. The maximum absolute atomic E-state index is 5.88. The molecule has 0 unspecified atom stereocenters. The fraction of sp³-hybridized carbons (Fsp3) is 0.647. The first-order valence-corrected chi connectivity index (χ1v) is 8.22. The number of hydrogen-bond acceptors (Lipinski definition) is 3. The molecule has 1 aliphatic heterocycles. The molecule has 0 saturated carbocycles. The van der Waals surface area contributed by atoms with Crippen molar-refractivity contribution in [1.82, 2.24) is 10.3 Å². The predicted molar refractivity (Wildman–Crippen MR) is 93.1 cm³/mol. The topological polar surface area (TPSA) is 66.5 Å². The quantitative estimate of drug-likeness (QED) is 0.665. The van der Waals surface area contributed by atoms with Gasteiger partial charge < -0.3 is 16.0 Å². The van der Waals surface area contributed by atoms with Crippen LogP contribution in [0.15, 0.2) is 23.3 Å². The molecule has 3 N–H and O–H groups in total. The van der Waals surface area contributed by atoms with Gasteiger partial charge in [-0.3, -0.25) is 0 Å². The molecule has 0 aliphatic carbocycles. The van der Waals surface area contributed by atoms with Crippen molar-refractivity contribution in [3.8, 4) is 0 Å². The van der Waals surface area contributed by atoms with E-state index in [9.17, 15) is 0 Å². The summed E-state index contributed by atoms with van der Waals surface area (Å²) in [6.07, 6.45) is 7.12. The minimum absolute atomic E-state index is 0.0670. The lowest BCUT2D eigenvalue weighted by atomic mass is 10.1. The van der Waals surface area contributed by atoms with Gasteiger partial charge in [0, 0.05) is 24.8 Å². The Balaban J connectivity index is 1.92. The van der Waals surface area contributed by atoms with Gasteiger partial charge in [0.2, 0.25) is 0 Å². The summed E-state index contributed by atoms with van der Waals surface area (Å²) in [7, 11) is 0. The number of nitrogens with zero attached hydrogens (tertiary/aromatic N) is 3. The lowest BCUT2D eigenvalue weighted by Gasteiger charge is -2.21. The van der Waals surface area contributed by atoms with E-state index in [-0.39, 0.29) is 5.54 Å². The number of nitrogens with two attached hydrogens (primary N) is 1. The van der Waals surface area contributed by atoms with E-state index in [0.717, 1.165) is 24.5 Å². The zero-order chi connectivity index (χ0) is 16.0. The summed E-state index contributed by atoms with van der Waals surface area (Å²) in [5.41, 5.74) is 6.90. The van der Waals surface area contributed by atoms with Crippen LogP contribution in [0.2, 0.25) is 0 Å². The second-order valence-corrected chi connectivity index (χ2v) is 7.00. The normalized spacial score (nSPS) is 17.2. The van der Waals surface area contributed by atoms with Gasteiger partial charge in [0.1, 0.15) is 5.82 Å². The van der Waals surface area contributed by atoms with Gasteiger partial charge in [-0.1, -0.05) is 18.9 Å². The summed E-state index contributed by atoms with van der Waals surface area (Å²) < 4.78 is 0. The van der Waals surface area contributed by atoms with Gasteiger partial charge in [-0.25, -0.2) is 9.98 Å². The molecule has 1 aromatic rings. The molecule has 1 fully saturated rings. The van der Waals surface area contributed by atoms with Crippen molar-refractivity contribution < 1.29 is 0 Å². The summed E-state index contributed by atoms with van der Waals surface area (Å²) in [6.45, 7) is 8.98. The van der Waals surface area contributed by atoms with Crippen LogP contribution >= 0.6 is 0 Å². The SMILES string of the molecule is CC(C)(C)NC(N)=NCc1ccc(N2CCCCCC2)nc1. The van der Waals surface area contributed by atoms with Crippen LogP contribution in [0.5, 0.6) is 0 Å². The van der Waals surface area contributed by atoms with Gasteiger partial charge in [-0.2, -0.15) is 0 Å². The molecule has 5 nitrogen and oxygen atoms in total. The highest BCUT2D eigenvalue weighted by molar-refractivity contribution is 5.78. The molecule has 1 saturated heterocycles. The first-order valence-electron chi connectivity index (χ1n) is 8.22. The predicted octanol–water partition coefficient (Wildman–Crippen LogP) is 2.66. The standard InChI is InChI=1S/C17H29N5/c1-17(2,3)21-16(18)20-13-14-8-9-15(19-12-14)22-10-6-4-5-7-11-22/h8-9,12H,4-7,10-11,13H2,1-3H3,(H3,18,20,21). The average molecular weight is 303 g/mol. The highest BCUT2D eigenvalue weighted by Crippen LogP contribution is 2.17. The molecule has 122 valence electrons. The largest absolute Gasteiger partial charge is 0.370 e. The number of rotatable bonds is 3. The van der Waals surface area contributed by atoms with E-state index in [2.05, 4.69) is 53.1 Å². The van der Waals surface area contributed by atoms with E-state index in [4.69, 9.17) is 5.73 Å². The van der Waals surface area contributed by atoms with Crippen molar-refractivity contribution in [2.45, 2.75) is 58.5 Å².